The molecule has 0 aliphatic heterocycles. The van der Waals surface area contributed by atoms with E-state index in [1.54, 1.807) is 0 Å². The molecule has 0 radical (unpaired) electrons. The van der Waals surface area contributed by atoms with E-state index in [0.717, 1.165) is 6.54 Å². The van der Waals surface area contributed by atoms with E-state index in [2.05, 4.69) is 58.3 Å². The third-order valence-corrected chi connectivity index (χ3v) is 3.49. The molecule has 0 fully saturated rings. The Kier molecular flexibility index (Phi) is 3.05. The topological polar surface area (TPSA) is 55.9 Å². The zero-order valence-electron chi connectivity index (χ0n) is 11.1. The van der Waals surface area contributed by atoms with Crippen molar-refractivity contribution in [2.75, 3.05) is 0 Å². The first-order chi connectivity index (χ1) is 9.27. The number of fused-ring (bicyclic) bond motifs is 1. The molecular weight excluding hydrogens is 240 g/mol. The van der Waals surface area contributed by atoms with Gasteiger partial charge in [0.2, 0.25) is 6.39 Å². The summed E-state index contributed by atoms with van der Waals surface area (Å²) in [7, 11) is 2.10. The highest BCUT2D eigenvalue weighted by Gasteiger charge is 2.10. The molecule has 2 heterocycles. The van der Waals surface area contributed by atoms with Crippen molar-refractivity contribution < 1.29 is 4.52 Å². The lowest BCUT2D eigenvalue weighted by molar-refractivity contribution is 0.407. The summed E-state index contributed by atoms with van der Waals surface area (Å²) in [5, 5.41) is 8.43. The molecule has 98 valence electrons. The maximum atomic E-state index is 4.71. The van der Waals surface area contributed by atoms with Crippen molar-refractivity contribution in [1.82, 2.24) is 20.0 Å². The number of nitrogens with zero attached hydrogens (tertiary/aromatic N) is 3. The van der Waals surface area contributed by atoms with Gasteiger partial charge in [0.05, 0.1) is 6.54 Å². The van der Waals surface area contributed by atoms with Crippen molar-refractivity contribution >= 4 is 10.9 Å². The third kappa shape index (κ3) is 2.13. The number of hydrogen-bond acceptors (Lipinski definition) is 4. The number of para-hydroxylation sites is 1. The van der Waals surface area contributed by atoms with Crippen LogP contribution in [0.5, 0.6) is 0 Å². The Morgan fingerprint density at radius 2 is 2.11 bits per heavy atom. The van der Waals surface area contributed by atoms with Crippen molar-refractivity contribution in [1.29, 1.82) is 0 Å². The highest BCUT2D eigenvalue weighted by molar-refractivity contribution is 5.85. The molecule has 2 aromatic heterocycles. The molecule has 0 spiro atoms. The van der Waals surface area contributed by atoms with Crippen LogP contribution in [0.1, 0.15) is 17.1 Å². The van der Waals surface area contributed by atoms with Crippen molar-refractivity contribution in [3.63, 3.8) is 0 Å². The molecular formula is C14H16N4O. The van der Waals surface area contributed by atoms with E-state index >= 15 is 0 Å². The molecule has 0 aliphatic carbocycles. The van der Waals surface area contributed by atoms with Gasteiger partial charge in [-0.05, 0) is 18.6 Å². The van der Waals surface area contributed by atoms with E-state index in [0.29, 0.717) is 12.4 Å². The van der Waals surface area contributed by atoms with Gasteiger partial charge in [0.25, 0.3) is 0 Å². The standard InChI is InChI=1S/C14H16N4O/c1-10-11-5-3-4-6-12(11)18(2)13(10)7-15-8-14-16-9-19-17-14/h3-6,9,15H,7-8H2,1-2H3. The second-order valence-corrected chi connectivity index (χ2v) is 4.60. The summed E-state index contributed by atoms with van der Waals surface area (Å²) in [6, 6.07) is 8.45. The predicted octanol–water partition coefficient (Wildman–Crippen LogP) is 2.16. The SMILES string of the molecule is Cc1c(CNCc2ncon2)n(C)c2ccccc12. The molecule has 0 aliphatic rings. The highest BCUT2D eigenvalue weighted by Crippen LogP contribution is 2.24. The van der Waals surface area contributed by atoms with Crippen molar-refractivity contribution in [3.8, 4) is 0 Å². The van der Waals surface area contributed by atoms with Gasteiger partial charge >= 0.3 is 0 Å². The summed E-state index contributed by atoms with van der Waals surface area (Å²) in [4.78, 5) is 3.99. The third-order valence-electron chi connectivity index (χ3n) is 3.49. The van der Waals surface area contributed by atoms with Crippen molar-refractivity contribution in [2.45, 2.75) is 20.0 Å². The smallest absolute Gasteiger partial charge is 0.213 e. The van der Waals surface area contributed by atoms with Gasteiger partial charge in [0.15, 0.2) is 5.82 Å². The largest absolute Gasteiger partial charge is 0.346 e. The van der Waals surface area contributed by atoms with E-state index in [4.69, 9.17) is 4.52 Å². The zero-order valence-corrected chi connectivity index (χ0v) is 11.1. The summed E-state index contributed by atoms with van der Waals surface area (Å²) in [5.41, 5.74) is 3.86. The van der Waals surface area contributed by atoms with Crippen LogP contribution in [0.4, 0.5) is 0 Å². The number of hydrogen-bond donors (Lipinski definition) is 1. The van der Waals surface area contributed by atoms with Crippen LogP contribution in [-0.4, -0.2) is 14.7 Å². The molecule has 1 N–H and O–H groups in total. The van der Waals surface area contributed by atoms with Gasteiger partial charge in [0, 0.05) is 30.2 Å². The summed E-state index contributed by atoms with van der Waals surface area (Å²) in [6.45, 7) is 3.55. The number of rotatable bonds is 4. The van der Waals surface area contributed by atoms with Crippen LogP contribution in [0.2, 0.25) is 0 Å². The quantitative estimate of drug-likeness (QED) is 0.777. The maximum absolute atomic E-state index is 4.71. The van der Waals surface area contributed by atoms with Crippen LogP contribution in [0, 0.1) is 6.92 Å². The molecule has 19 heavy (non-hydrogen) atoms. The normalized spacial score (nSPS) is 11.3. The Balaban J connectivity index is 1.81. The molecule has 0 saturated carbocycles. The predicted molar refractivity (Wildman–Crippen MR) is 72.5 cm³/mol. The van der Waals surface area contributed by atoms with Crippen molar-refractivity contribution in [3.05, 3.63) is 47.7 Å². The van der Waals surface area contributed by atoms with Gasteiger partial charge in [-0.15, -0.1) is 0 Å². The van der Waals surface area contributed by atoms with Gasteiger partial charge < -0.3 is 14.4 Å². The summed E-state index contributed by atoms with van der Waals surface area (Å²) in [5.74, 6) is 0.677. The van der Waals surface area contributed by atoms with E-state index in [-0.39, 0.29) is 0 Å². The van der Waals surface area contributed by atoms with Gasteiger partial charge in [-0.2, -0.15) is 4.98 Å². The van der Waals surface area contributed by atoms with Gasteiger partial charge in [-0.3, -0.25) is 0 Å². The van der Waals surface area contributed by atoms with Crippen LogP contribution in [-0.2, 0) is 20.1 Å². The van der Waals surface area contributed by atoms with Crippen LogP contribution in [0.15, 0.2) is 35.2 Å². The minimum Gasteiger partial charge on any atom is -0.346 e. The van der Waals surface area contributed by atoms with Gasteiger partial charge in [0.1, 0.15) is 0 Å². The Bertz CT molecular complexity index is 646. The van der Waals surface area contributed by atoms with E-state index in [9.17, 15) is 0 Å². The fourth-order valence-electron chi connectivity index (χ4n) is 2.45. The Morgan fingerprint density at radius 3 is 2.84 bits per heavy atom. The lowest BCUT2D eigenvalue weighted by Crippen LogP contribution is -2.16. The number of aryl methyl sites for hydroxylation is 2. The average molecular weight is 256 g/mol. The van der Waals surface area contributed by atoms with Crippen LogP contribution in [0.3, 0.4) is 0 Å². The Morgan fingerprint density at radius 1 is 1.26 bits per heavy atom. The molecule has 0 unspecified atom stereocenters. The molecule has 5 nitrogen and oxygen atoms in total. The highest BCUT2D eigenvalue weighted by atomic mass is 16.5. The molecule has 3 aromatic rings. The molecule has 0 saturated heterocycles. The van der Waals surface area contributed by atoms with Gasteiger partial charge in [-0.1, -0.05) is 23.4 Å². The molecule has 0 bridgehead atoms. The summed E-state index contributed by atoms with van der Waals surface area (Å²) >= 11 is 0. The second-order valence-electron chi connectivity index (χ2n) is 4.60. The number of nitrogens with one attached hydrogen (secondary N) is 1. The molecule has 5 heteroatoms. The van der Waals surface area contributed by atoms with Crippen LogP contribution >= 0.6 is 0 Å². The molecule has 1 aromatic carbocycles. The lowest BCUT2D eigenvalue weighted by atomic mass is 10.1. The monoisotopic (exact) mass is 256 g/mol. The molecule has 3 rings (SSSR count). The Labute approximate surface area is 111 Å². The fourth-order valence-corrected chi connectivity index (χ4v) is 2.45. The molecule has 0 atom stereocenters. The second kappa shape index (κ2) is 4.85. The Hall–Kier alpha value is -2.14. The van der Waals surface area contributed by atoms with Crippen molar-refractivity contribution in [2.24, 2.45) is 7.05 Å². The first-order valence-electron chi connectivity index (χ1n) is 6.26. The van der Waals surface area contributed by atoms with E-state index in [1.807, 2.05) is 0 Å². The fraction of sp³-hybridized carbons (Fsp3) is 0.286. The maximum Gasteiger partial charge on any atom is 0.213 e. The van der Waals surface area contributed by atoms with E-state index < -0.39 is 0 Å². The lowest BCUT2D eigenvalue weighted by Gasteiger charge is -2.06. The zero-order chi connectivity index (χ0) is 13.2. The minimum absolute atomic E-state index is 0.609. The van der Waals surface area contributed by atoms with Crippen LogP contribution in [0.25, 0.3) is 10.9 Å². The molecule has 0 amide bonds. The number of benzene rings is 1. The first kappa shape index (κ1) is 11.9. The average Bonchev–Trinajstić information content (AvgIpc) is 3.02. The van der Waals surface area contributed by atoms with E-state index in [1.165, 1.54) is 28.6 Å². The first-order valence-corrected chi connectivity index (χ1v) is 6.26. The summed E-state index contributed by atoms with van der Waals surface area (Å²) < 4.78 is 6.94. The number of aromatic nitrogens is 3. The minimum atomic E-state index is 0.609. The van der Waals surface area contributed by atoms with Crippen LogP contribution < -0.4 is 5.32 Å². The van der Waals surface area contributed by atoms with Gasteiger partial charge in [-0.25, -0.2) is 0 Å². The summed E-state index contributed by atoms with van der Waals surface area (Å²) in [6.07, 6.45) is 1.35.